The van der Waals surface area contributed by atoms with Gasteiger partial charge in [-0.25, -0.2) is 0 Å². The Morgan fingerprint density at radius 1 is 0.950 bits per heavy atom. The molecule has 2 rings (SSSR count). The van der Waals surface area contributed by atoms with Crippen LogP contribution in [-0.4, -0.2) is 6.61 Å². The van der Waals surface area contributed by atoms with Gasteiger partial charge >= 0.3 is 0 Å². The van der Waals surface area contributed by atoms with Crippen molar-refractivity contribution in [2.24, 2.45) is 0 Å². The van der Waals surface area contributed by atoms with Crippen molar-refractivity contribution in [2.45, 2.75) is 33.6 Å². The maximum Gasteiger partial charge on any atom is 0.119 e. The van der Waals surface area contributed by atoms with Gasteiger partial charge in [0, 0.05) is 11.4 Å². The zero-order chi connectivity index (χ0) is 14.4. The normalized spacial score (nSPS) is 10.3. The van der Waals surface area contributed by atoms with Crippen LogP contribution in [0.25, 0.3) is 0 Å². The molecule has 0 amide bonds. The number of anilines is 2. The summed E-state index contributed by atoms with van der Waals surface area (Å²) in [5, 5.41) is 3.48. The van der Waals surface area contributed by atoms with E-state index in [0.717, 1.165) is 30.9 Å². The largest absolute Gasteiger partial charge is 0.494 e. The molecule has 0 aromatic heterocycles. The topological polar surface area (TPSA) is 21.3 Å². The number of rotatable bonds is 6. The summed E-state index contributed by atoms with van der Waals surface area (Å²) in [5.74, 6) is 0.936. The summed E-state index contributed by atoms with van der Waals surface area (Å²) in [4.78, 5) is 0. The van der Waals surface area contributed by atoms with Crippen LogP contribution in [0.1, 0.15) is 30.9 Å². The fraction of sp³-hybridized carbons (Fsp3) is 0.333. The van der Waals surface area contributed by atoms with E-state index in [-0.39, 0.29) is 0 Å². The minimum absolute atomic E-state index is 0.792. The summed E-state index contributed by atoms with van der Waals surface area (Å²) in [6, 6.07) is 14.5. The first kappa shape index (κ1) is 14.4. The molecule has 2 aromatic carbocycles. The molecule has 0 aliphatic carbocycles. The second-order valence-electron chi connectivity index (χ2n) is 5.12. The average Bonchev–Trinajstić information content (AvgIpc) is 2.45. The Kier molecular flexibility index (Phi) is 5.05. The lowest BCUT2D eigenvalue weighted by Gasteiger charge is -2.13. The molecule has 0 saturated carbocycles. The molecule has 20 heavy (non-hydrogen) atoms. The summed E-state index contributed by atoms with van der Waals surface area (Å²) >= 11 is 0. The van der Waals surface area contributed by atoms with Gasteiger partial charge in [0.2, 0.25) is 0 Å². The lowest BCUT2D eigenvalue weighted by Crippen LogP contribution is -1.98. The van der Waals surface area contributed by atoms with Crippen LogP contribution in [0.4, 0.5) is 11.4 Å². The van der Waals surface area contributed by atoms with Crippen molar-refractivity contribution in [3.8, 4) is 5.75 Å². The monoisotopic (exact) mass is 269 g/mol. The predicted octanol–water partition coefficient (Wildman–Crippen LogP) is 5.23. The molecule has 2 nitrogen and oxygen atoms in total. The Morgan fingerprint density at radius 3 is 2.20 bits per heavy atom. The quantitative estimate of drug-likeness (QED) is 0.725. The number of unbranched alkanes of at least 4 members (excludes halogenated alkanes) is 1. The Morgan fingerprint density at radius 2 is 1.60 bits per heavy atom. The van der Waals surface area contributed by atoms with Crippen molar-refractivity contribution < 1.29 is 4.74 Å². The van der Waals surface area contributed by atoms with E-state index in [2.05, 4.69) is 56.4 Å². The summed E-state index contributed by atoms with van der Waals surface area (Å²) in [6.07, 6.45) is 2.26. The molecular formula is C18H23NO. The van der Waals surface area contributed by atoms with E-state index in [0.29, 0.717) is 0 Å². The maximum absolute atomic E-state index is 5.67. The van der Waals surface area contributed by atoms with Gasteiger partial charge in [0.1, 0.15) is 5.75 Å². The van der Waals surface area contributed by atoms with Crippen molar-refractivity contribution in [3.05, 3.63) is 53.6 Å². The third-order valence-corrected chi connectivity index (χ3v) is 3.37. The molecule has 0 saturated heterocycles. The fourth-order valence-electron chi connectivity index (χ4n) is 2.12. The van der Waals surface area contributed by atoms with Gasteiger partial charge in [-0.3, -0.25) is 0 Å². The molecule has 0 heterocycles. The molecule has 0 unspecified atom stereocenters. The van der Waals surface area contributed by atoms with Crippen molar-refractivity contribution in [1.82, 2.24) is 0 Å². The van der Waals surface area contributed by atoms with Gasteiger partial charge in [0.25, 0.3) is 0 Å². The van der Waals surface area contributed by atoms with Gasteiger partial charge in [-0.2, -0.15) is 0 Å². The molecule has 1 N–H and O–H groups in total. The van der Waals surface area contributed by atoms with Gasteiger partial charge in [-0.1, -0.05) is 31.5 Å². The highest BCUT2D eigenvalue weighted by Gasteiger charge is 2.02. The van der Waals surface area contributed by atoms with E-state index in [1.165, 1.54) is 16.8 Å². The van der Waals surface area contributed by atoms with Gasteiger partial charge in [0.05, 0.1) is 6.61 Å². The number of aryl methyl sites for hydroxylation is 2. The third-order valence-electron chi connectivity index (χ3n) is 3.37. The number of hydrogen-bond acceptors (Lipinski definition) is 2. The average molecular weight is 269 g/mol. The van der Waals surface area contributed by atoms with Crippen LogP contribution in [0.5, 0.6) is 5.75 Å². The molecule has 0 aliphatic rings. The summed E-state index contributed by atoms with van der Waals surface area (Å²) < 4.78 is 5.67. The molecular weight excluding hydrogens is 246 g/mol. The second kappa shape index (κ2) is 6.99. The van der Waals surface area contributed by atoms with Crippen LogP contribution in [0.3, 0.4) is 0 Å². The number of benzene rings is 2. The smallest absolute Gasteiger partial charge is 0.119 e. The Hall–Kier alpha value is -1.96. The predicted molar refractivity (Wildman–Crippen MR) is 86.0 cm³/mol. The van der Waals surface area contributed by atoms with Crippen LogP contribution in [0, 0.1) is 13.8 Å². The summed E-state index contributed by atoms with van der Waals surface area (Å²) in [6.45, 7) is 7.20. The van der Waals surface area contributed by atoms with E-state index in [1.54, 1.807) is 0 Å². The molecule has 0 radical (unpaired) electrons. The van der Waals surface area contributed by atoms with Gasteiger partial charge in [-0.05, 0) is 55.7 Å². The lowest BCUT2D eigenvalue weighted by atomic mass is 10.1. The van der Waals surface area contributed by atoms with Crippen molar-refractivity contribution in [1.29, 1.82) is 0 Å². The number of ether oxygens (including phenoxy) is 1. The van der Waals surface area contributed by atoms with Gasteiger partial charge < -0.3 is 10.1 Å². The third kappa shape index (κ3) is 3.77. The van der Waals surface area contributed by atoms with Crippen molar-refractivity contribution in [2.75, 3.05) is 11.9 Å². The molecule has 106 valence electrons. The summed E-state index contributed by atoms with van der Waals surface area (Å²) in [5.41, 5.74) is 4.79. The Balaban J connectivity index is 2.03. The number of hydrogen-bond donors (Lipinski definition) is 1. The standard InChI is InChI=1S/C18H23NO/c1-4-5-13-20-17-11-9-16(10-12-17)19-18-14(2)7-6-8-15(18)3/h6-12,19H,4-5,13H2,1-3H3. The van der Waals surface area contributed by atoms with Crippen LogP contribution < -0.4 is 10.1 Å². The Bertz CT molecular complexity index is 526. The molecule has 0 bridgehead atoms. The van der Waals surface area contributed by atoms with Crippen LogP contribution in [0.2, 0.25) is 0 Å². The fourth-order valence-corrected chi connectivity index (χ4v) is 2.12. The zero-order valence-corrected chi connectivity index (χ0v) is 12.6. The highest BCUT2D eigenvalue weighted by Crippen LogP contribution is 2.25. The minimum Gasteiger partial charge on any atom is -0.494 e. The van der Waals surface area contributed by atoms with Gasteiger partial charge in [0.15, 0.2) is 0 Å². The van der Waals surface area contributed by atoms with Crippen LogP contribution in [-0.2, 0) is 0 Å². The van der Waals surface area contributed by atoms with E-state index in [1.807, 2.05) is 12.1 Å². The highest BCUT2D eigenvalue weighted by molar-refractivity contribution is 5.66. The molecule has 2 heteroatoms. The Labute approximate surface area is 121 Å². The SMILES string of the molecule is CCCCOc1ccc(Nc2c(C)cccc2C)cc1. The first-order valence-electron chi connectivity index (χ1n) is 7.27. The summed E-state index contributed by atoms with van der Waals surface area (Å²) in [7, 11) is 0. The number of nitrogens with one attached hydrogen (secondary N) is 1. The molecule has 0 aliphatic heterocycles. The van der Waals surface area contributed by atoms with Crippen LogP contribution >= 0.6 is 0 Å². The minimum atomic E-state index is 0.792. The van der Waals surface area contributed by atoms with Crippen LogP contribution in [0.15, 0.2) is 42.5 Å². The number of para-hydroxylation sites is 1. The lowest BCUT2D eigenvalue weighted by molar-refractivity contribution is 0.309. The molecule has 0 spiro atoms. The second-order valence-corrected chi connectivity index (χ2v) is 5.12. The highest BCUT2D eigenvalue weighted by atomic mass is 16.5. The van der Waals surface area contributed by atoms with E-state index in [4.69, 9.17) is 4.74 Å². The van der Waals surface area contributed by atoms with E-state index >= 15 is 0 Å². The molecule has 0 atom stereocenters. The molecule has 2 aromatic rings. The van der Waals surface area contributed by atoms with Gasteiger partial charge in [-0.15, -0.1) is 0 Å². The maximum atomic E-state index is 5.67. The zero-order valence-electron chi connectivity index (χ0n) is 12.6. The molecule has 0 fully saturated rings. The van der Waals surface area contributed by atoms with Crippen molar-refractivity contribution >= 4 is 11.4 Å². The first-order valence-corrected chi connectivity index (χ1v) is 7.27. The van der Waals surface area contributed by atoms with E-state index < -0.39 is 0 Å². The van der Waals surface area contributed by atoms with E-state index in [9.17, 15) is 0 Å². The first-order chi connectivity index (χ1) is 9.70. The van der Waals surface area contributed by atoms with Crippen molar-refractivity contribution in [3.63, 3.8) is 0 Å².